The molecule has 1 aromatic heterocycles. The molecule has 2 N–H and O–H groups in total. The number of rotatable bonds is 7. The molecule has 0 amide bonds. The van der Waals surface area contributed by atoms with Crippen LogP contribution in [0.3, 0.4) is 0 Å². The zero-order valence-electron chi connectivity index (χ0n) is 22.6. The average Bonchev–Trinajstić information content (AvgIpc) is 2.75. The Balaban J connectivity index is 2.59. The lowest BCUT2D eigenvalue weighted by Crippen LogP contribution is -2.25. The van der Waals surface area contributed by atoms with E-state index in [0.29, 0.717) is 0 Å². The van der Waals surface area contributed by atoms with E-state index >= 15 is 0 Å². The predicted molar refractivity (Wildman–Crippen MR) is 117 cm³/mol. The highest BCUT2D eigenvalue weighted by Crippen LogP contribution is 2.31. The lowest BCUT2D eigenvalue weighted by atomic mass is 9.98. The topological polar surface area (TPSA) is 88.8 Å². The minimum absolute atomic E-state index is 0.168. The maximum Gasteiger partial charge on any atom is 0.341 e. The molecule has 0 aliphatic heterocycles. The Morgan fingerprint density at radius 2 is 2.16 bits per heavy atom. The summed E-state index contributed by atoms with van der Waals surface area (Å²) in [6.45, 7) is 2.91. The molecule has 0 bridgehead atoms. The number of carboxylic acids is 1. The summed E-state index contributed by atoms with van der Waals surface area (Å²) in [5, 5.41) is 18.6. The van der Waals surface area contributed by atoms with Crippen molar-refractivity contribution in [3.63, 3.8) is 0 Å². The van der Waals surface area contributed by atoms with E-state index in [0.717, 1.165) is 24.4 Å². The normalized spacial score (nSPS) is 16.1. The van der Waals surface area contributed by atoms with Gasteiger partial charge in [0.25, 0.3) is 0 Å². The van der Waals surface area contributed by atoms with Crippen LogP contribution in [0.4, 0.5) is 4.39 Å². The number of aromatic carboxylic acids is 1. The molecule has 0 saturated heterocycles. The molecule has 0 fully saturated rings. The van der Waals surface area contributed by atoms with Gasteiger partial charge in [0, 0.05) is 26.8 Å². The summed E-state index contributed by atoms with van der Waals surface area (Å²) in [7, 11) is -3.14. The van der Waals surface area contributed by atoms with E-state index in [9.17, 15) is 24.2 Å². The van der Waals surface area contributed by atoms with E-state index in [1.807, 2.05) is 0 Å². The van der Waals surface area contributed by atoms with Crippen LogP contribution >= 0.6 is 11.6 Å². The Hall–Kier alpha value is -2.90. The monoisotopic (exact) mass is 453 g/mol. The van der Waals surface area contributed by atoms with Gasteiger partial charge in [0.15, 0.2) is 0 Å². The number of methoxy groups -OCH3 is 1. The molecule has 0 aliphatic carbocycles. The van der Waals surface area contributed by atoms with E-state index in [4.69, 9.17) is 24.6 Å². The van der Waals surface area contributed by atoms with Gasteiger partial charge in [-0.15, -0.1) is 0 Å². The number of fused-ring (bicyclic) bond motifs is 1. The fourth-order valence-electron chi connectivity index (χ4n) is 3.25. The third-order valence-electron chi connectivity index (χ3n) is 4.90. The average molecular weight is 454 g/mol. The first-order chi connectivity index (χ1) is 17.0. The van der Waals surface area contributed by atoms with Gasteiger partial charge in [-0.3, -0.25) is 4.79 Å². The summed E-state index contributed by atoms with van der Waals surface area (Å²) < 4.78 is 69.9. The van der Waals surface area contributed by atoms with Gasteiger partial charge in [0.05, 0.1) is 35.7 Å². The predicted octanol–water partition coefficient (Wildman–Crippen LogP) is 4.28. The second-order valence-corrected chi connectivity index (χ2v) is 7.58. The molecule has 1 heterocycles. The van der Waals surface area contributed by atoms with Crippen LogP contribution in [-0.2, 0) is 6.37 Å². The molecule has 1 atom stereocenters. The quantitative estimate of drug-likeness (QED) is 0.557. The number of aromatic nitrogens is 1. The van der Waals surface area contributed by atoms with Gasteiger partial charge in [-0.2, -0.15) is 0 Å². The zero-order chi connectivity index (χ0) is 28.0. The van der Waals surface area contributed by atoms with Crippen LogP contribution in [0.25, 0.3) is 10.9 Å². The first-order valence-electron chi connectivity index (χ1n) is 12.2. The van der Waals surface area contributed by atoms with Crippen molar-refractivity contribution in [1.82, 2.24) is 4.57 Å². The SMILES string of the molecule is [2H]c1c(C([2H])([2H])c2cccc(Cl)c2F)c(OC([2H])([2H])[2H])cc2c1c(=O)c(C(=O)O)cn2[C@H](CO)C(C)C. The summed E-state index contributed by atoms with van der Waals surface area (Å²) in [6, 6.07) is 2.72. The summed E-state index contributed by atoms with van der Waals surface area (Å²) in [5.74, 6) is -3.82. The zero-order valence-corrected chi connectivity index (χ0v) is 17.3. The molecule has 6 nitrogen and oxygen atoms in total. The van der Waals surface area contributed by atoms with Crippen molar-refractivity contribution in [2.45, 2.75) is 26.3 Å². The molecular weight excluding hydrogens is 425 g/mol. The number of aliphatic hydroxyl groups is 1. The van der Waals surface area contributed by atoms with Crippen LogP contribution in [0.1, 0.15) is 49.6 Å². The van der Waals surface area contributed by atoms with Gasteiger partial charge in [-0.25, -0.2) is 9.18 Å². The van der Waals surface area contributed by atoms with Gasteiger partial charge < -0.3 is 19.5 Å². The molecule has 0 spiro atoms. The molecule has 8 heteroatoms. The molecule has 0 unspecified atom stereocenters. The second-order valence-electron chi connectivity index (χ2n) is 7.18. The van der Waals surface area contributed by atoms with Crippen LogP contribution < -0.4 is 10.2 Å². The Bertz CT molecular complexity index is 1440. The van der Waals surface area contributed by atoms with Gasteiger partial charge in [0.1, 0.15) is 17.1 Å². The lowest BCUT2D eigenvalue weighted by Gasteiger charge is -2.25. The Kier molecular flexibility index (Phi) is 4.64. The van der Waals surface area contributed by atoms with E-state index in [1.165, 1.54) is 10.6 Å². The molecule has 3 aromatic rings. The van der Waals surface area contributed by atoms with E-state index in [2.05, 4.69) is 0 Å². The Labute approximate surface area is 191 Å². The van der Waals surface area contributed by atoms with E-state index in [1.54, 1.807) is 13.8 Å². The van der Waals surface area contributed by atoms with E-state index < -0.39 is 82.2 Å². The Morgan fingerprint density at radius 1 is 1.42 bits per heavy atom. The maximum absolute atomic E-state index is 14.9. The van der Waals surface area contributed by atoms with Crippen LogP contribution in [0, 0.1) is 11.7 Å². The number of aliphatic hydroxyl groups excluding tert-OH is 1. The number of benzene rings is 2. The smallest absolute Gasteiger partial charge is 0.341 e. The van der Waals surface area contributed by atoms with Crippen molar-refractivity contribution in [3.05, 3.63) is 74.3 Å². The van der Waals surface area contributed by atoms with Crippen LogP contribution in [0.2, 0.25) is 5.02 Å². The van der Waals surface area contributed by atoms with Gasteiger partial charge in [-0.05, 0) is 29.2 Å². The summed E-state index contributed by atoms with van der Waals surface area (Å²) in [4.78, 5) is 25.1. The van der Waals surface area contributed by atoms with Crippen molar-refractivity contribution in [2.75, 3.05) is 13.6 Å². The fraction of sp³-hybridized carbons (Fsp3) is 0.304. The fourth-order valence-corrected chi connectivity index (χ4v) is 3.43. The van der Waals surface area contributed by atoms with Crippen molar-refractivity contribution < 1.29 is 32.4 Å². The third kappa shape index (κ3) is 4.29. The highest BCUT2D eigenvalue weighted by Gasteiger charge is 2.23. The summed E-state index contributed by atoms with van der Waals surface area (Å²) >= 11 is 5.82. The van der Waals surface area contributed by atoms with Crippen molar-refractivity contribution in [2.24, 2.45) is 5.92 Å². The number of hydrogen-bond acceptors (Lipinski definition) is 4. The van der Waals surface area contributed by atoms with Crippen LogP contribution in [0.5, 0.6) is 5.75 Å². The third-order valence-corrected chi connectivity index (χ3v) is 5.20. The van der Waals surface area contributed by atoms with Gasteiger partial charge in [-0.1, -0.05) is 37.6 Å². The van der Waals surface area contributed by atoms with Crippen LogP contribution in [0.15, 0.2) is 41.3 Å². The minimum atomic E-state index is -3.14. The number of hydrogen-bond donors (Lipinski definition) is 2. The highest BCUT2D eigenvalue weighted by molar-refractivity contribution is 6.30. The molecule has 164 valence electrons. The van der Waals surface area contributed by atoms with Crippen molar-refractivity contribution in [1.29, 1.82) is 0 Å². The Morgan fingerprint density at radius 3 is 2.77 bits per heavy atom. The van der Waals surface area contributed by atoms with Crippen LogP contribution in [-0.4, -0.2) is 34.4 Å². The van der Waals surface area contributed by atoms with E-state index in [-0.39, 0.29) is 11.4 Å². The number of halogens is 2. The maximum atomic E-state index is 14.9. The summed E-state index contributed by atoms with van der Waals surface area (Å²) in [6.07, 6.45) is -1.98. The first-order valence-corrected chi connectivity index (χ1v) is 9.61. The molecule has 0 saturated carbocycles. The minimum Gasteiger partial charge on any atom is -0.496 e. The lowest BCUT2D eigenvalue weighted by molar-refractivity contribution is 0.0694. The second kappa shape index (κ2) is 9.08. The highest BCUT2D eigenvalue weighted by atomic mass is 35.5. The number of nitrogens with zero attached hydrogens (tertiary/aromatic N) is 1. The number of carbonyl (C=O) groups is 1. The number of carboxylic acid groups (broad SMARTS) is 1. The van der Waals surface area contributed by atoms with Gasteiger partial charge >= 0.3 is 5.97 Å². The molecule has 0 radical (unpaired) electrons. The largest absolute Gasteiger partial charge is 0.496 e. The standard InChI is InChI=1S/C23H23ClFNO5/c1-12(2)19(11-27)26-10-16(23(29)30)22(28)15-8-14(20(31-3)9-18(15)26)7-13-5-4-6-17(24)21(13)25/h4-6,8-10,12,19,27H,7,11H2,1-3H3,(H,29,30)/t19-/m1/s1/i3D3,7D2,8D. The van der Waals surface area contributed by atoms with Crippen molar-refractivity contribution in [3.8, 4) is 5.75 Å². The molecule has 0 aliphatic rings. The number of pyridine rings is 1. The number of ether oxygens (including phenoxy) is 1. The summed E-state index contributed by atoms with van der Waals surface area (Å²) in [5.41, 5.74) is -3.54. The first kappa shape index (κ1) is 15.8. The molecular formula is C23H23ClFNO5. The molecule has 3 rings (SSSR count). The molecule has 2 aromatic carbocycles. The van der Waals surface area contributed by atoms with Crippen molar-refractivity contribution >= 4 is 28.5 Å². The van der Waals surface area contributed by atoms with Gasteiger partial charge in [0.2, 0.25) is 5.43 Å². The molecule has 31 heavy (non-hydrogen) atoms.